The number of benzene rings is 2. The smallest absolute Gasteiger partial charge is 0.0843 e. The maximum absolute atomic E-state index is 10.2. The third-order valence-corrected chi connectivity index (χ3v) is 3.64. The minimum atomic E-state index is -0.399. The second-order valence-corrected chi connectivity index (χ2v) is 5.30. The first-order chi connectivity index (χ1) is 10.3. The number of hydrogen-bond acceptors (Lipinski definition) is 2. The summed E-state index contributed by atoms with van der Waals surface area (Å²) in [5.41, 5.74) is 2.40. The van der Waals surface area contributed by atoms with E-state index >= 15 is 0 Å². The van der Waals surface area contributed by atoms with Crippen molar-refractivity contribution in [2.24, 2.45) is 0 Å². The topological polar surface area (TPSA) is 37.2 Å². The zero-order valence-corrected chi connectivity index (χ0v) is 11.9. The summed E-state index contributed by atoms with van der Waals surface area (Å²) in [6.45, 7) is 1.97. The molecule has 0 bridgehead atoms. The lowest BCUT2D eigenvalue weighted by molar-refractivity contribution is 0.152. The molecule has 0 radical (unpaired) electrons. The molecule has 0 fully saturated rings. The summed E-state index contributed by atoms with van der Waals surface area (Å²) < 4.78 is 2.10. The molecule has 1 aromatic heterocycles. The zero-order valence-electron chi connectivity index (χ0n) is 11.9. The van der Waals surface area contributed by atoms with Gasteiger partial charge in [-0.05, 0) is 23.1 Å². The van der Waals surface area contributed by atoms with E-state index in [4.69, 9.17) is 0 Å². The Morgan fingerprint density at radius 2 is 1.71 bits per heavy atom. The number of aliphatic hydroxyl groups is 1. The monoisotopic (exact) mass is 280 g/mol. The number of nitrogens with zero attached hydrogens (tertiary/aromatic N) is 1. The van der Waals surface area contributed by atoms with E-state index in [1.54, 1.807) is 0 Å². The van der Waals surface area contributed by atoms with E-state index in [0.29, 0.717) is 13.1 Å². The van der Waals surface area contributed by atoms with Gasteiger partial charge in [0.2, 0.25) is 0 Å². The van der Waals surface area contributed by atoms with Crippen LogP contribution in [0.25, 0.3) is 10.9 Å². The summed E-state index contributed by atoms with van der Waals surface area (Å²) in [6, 6.07) is 20.5. The van der Waals surface area contributed by atoms with Crippen LogP contribution in [0.4, 0.5) is 0 Å². The number of aliphatic hydroxyl groups excluding tert-OH is 1. The van der Waals surface area contributed by atoms with Gasteiger partial charge >= 0.3 is 0 Å². The van der Waals surface area contributed by atoms with Gasteiger partial charge in [0.1, 0.15) is 0 Å². The second-order valence-electron chi connectivity index (χ2n) is 5.30. The average molecular weight is 280 g/mol. The Morgan fingerprint density at radius 3 is 2.57 bits per heavy atom. The molecule has 3 aromatic rings. The van der Waals surface area contributed by atoms with E-state index < -0.39 is 6.10 Å². The SMILES string of the molecule is O[C@H](CNCc1ccccc1)Cn1ccc2ccccc21. The van der Waals surface area contributed by atoms with Crippen molar-refractivity contribution in [1.29, 1.82) is 0 Å². The molecule has 3 heteroatoms. The van der Waals surface area contributed by atoms with Crippen LogP contribution in [0.15, 0.2) is 66.9 Å². The minimum absolute atomic E-state index is 0.399. The fourth-order valence-corrected chi connectivity index (χ4v) is 2.57. The molecule has 1 heterocycles. The Bertz CT molecular complexity index is 691. The molecule has 21 heavy (non-hydrogen) atoms. The summed E-state index contributed by atoms with van der Waals surface area (Å²) in [5.74, 6) is 0. The van der Waals surface area contributed by atoms with Crippen LogP contribution in [0.1, 0.15) is 5.56 Å². The fourth-order valence-electron chi connectivity index (χ4n) is 2.57. The summed E-state index contributed by atoms with van der Waals surface area (Å²) >= 11 is 0. The third-order valence-electron chi connectivity index (χ3n) is 3.64. The first-order valence-electron chi connectivity index (χ1n) is 7.29. The molecular weight excluding hydrogens is 260 g/mol. The van der Waals surface area contributed by atoms with Crippen LogP contribution >= 0.6 is 0 Å². The van der Waals surface area contributed by atoms with Crippen LogP contribution in [0.3, 0.4) is 0 Å². The predicted octanol–water partition coefficient (Wildman–Crippen LogP) is 2.79. The standard InChI is InChI=1S/C18H20N2O/c21-17(13-19-12-15-6-2-1-3-7-15)14-20-11-10-16-8-4-5-9-18(16)20/h1-11,17,19,21H,12-14H2/t17-/m1/s1. The summed E-state index contributed by atoms with van der Waals surface area (Å²) in [5, 5.41) is 14.7. The van der Waals surface area contributed by atoms with E-state index in [-0.39, 0.29) is 0 Å². The van der Waals surface area contributed by atoms with Crippen LogP contribution in [0.5, 0.6) is 0 Å². The average Bonchev–Trinajstić information content (AvgIpc) is 2.92. The quantitative estimate of drug-likeness (QED) is 0.728. The molecule has 0 saturated heterocycles. The van der Waals surface area contributed by atoms with Crippen LogP contribution in [0.2, 0.25) is 0 Å². The van der Waals surface area contributed by atoms with Gasteiger partial charge in [0.25, 0.3) is 0 Å². The highest BCUT2D eigenvalue weighted by Gasteiger charge is 2.07. The van der Waals surface area contributed by atoms with Crippen molar-refractivity contribution < 1.29 is 5.11 Å². The minimum Gasteiger partial charge on any atom is -0.390 e. The van der Waals surface area contributed by atoms with Crippen molar-refractivity contribution >= 4 is 10.9 Å². The fraction of sp³-hybridized carbons (Fsp3) is 0.222. The van der Waals surface area contributed by atoms with Gasteiger partial charge in [-0.2, -0.15) is 0 Å². The van der Waals surface area contributed by atoms with E-state index in [1.165, 1.54) is 16.5 Å². The Hall–Kier alpha value is -2.10. The molecule has 0 aliphatic carbocycles. The molecule has 0 spiro atoms. The molecule has 0 aliphatic heterocycles. The Kier molecular flexibility index (Phi) is 4.34. The van der Waals surface area contributed by atoms with Gasteiger partial charge in [-0.25, -0.2) is 0 Å². The number of para-hydroxylation sites is 1. The molecule has 3 nitrogen and oxygen atoms in total. The van der Waals surface area contributed by atoms with E-state index in [2.05, 4.69) is 40.2 Å². The lowest BCUT2D eigenvalue weighted by atomic mass is 10.2. The van der Waals surface area contributed by atoms with Gasteiger partial charge in [-0.15, -0.1) is 0 Å². The van der Waals surface area contributed by atoms with Gasteiger partial charge < -0.3 is 15.0 Å². The number of hydrogen-bond donors (Lipinski definition) is 2. The lowest BCUT2D eigenvalue weighted by Crippen LogP contribution is -2.29. The summed E-state index contributed by atoms with van der Waals surface area (Å²) in [4.78, 5) is 0. The first-order valence-corrected chi connectivity index (χ1v) is 7.29. The van der Waals surface area contributed by atoms with Crippen LogP contribution in [0, 0.1) is 0 Å². The molecule has 2 N–H and O–H groups in total. The second kappa shape index (κ2) is 6.57. The van der Waals surface area contributed by atoms with Crippen LogP contribution in [-0.2, 0) is 13.1 Å². The summed E-state index contributed by atoms with van der Waals surface area (Å²) in [6.07, 6.45) is 1.63. The molecular formula is C18H20N2O. The Balaban J connectivity index is 1.53. The molecule has 1 atom stereocenters. The van der Waals surface area contributed by atoms with E-state index in [0.717, 1.165) is 6.54 Å². The molecule has 108 valence electrons. The van der Waals surface area contributed by atoms with Crippen molar-refractivity contribution in [2.75, 3.05) is 6.54 Å². The van der Waals surface area contributed by atoms with Crippen molar-refractivity contribution in [1.82, 2.24) is 9.88 Å². The number of fused-ring (bicyclic) bond motifs is 1. The van der Waals surface area contributed by atoms with Gasteiger partial charge in [0.15, 0.2) is 0 Å². The van der Waals surface area contributed by atoms with Crippen LogP contribution < -0.4 is 5.32 Å². The predicted molar refractivity (Wildman–Crippen MR) is 86.1 cm³/mol. The van der Waals surface area contributed by atoms with E-state index in [1.807, 2.05) is 36.5 Å². The Morgan fingerprint density at radius 1 is 0.952 bits per heavy atom. The van der Waals surface area contributed by atoms with Gasteiger partial charge in [-0.3, -0.25) is 0 Å². The molecule has 0 saturated carbocycles. The summed E-state index contributed by atoms with van der Waals surface area (Å²) in [7, 11) is 0. The molecule has 0 unspecified atom stereocenters. The highest BCUT2D eigenvalue weighted by atomic mass is 16.3. The molecule has 0 aliphatic rings. The number of nitrogens with one attached hydrogen (secondary N) is 1. The lowest BCUT2D eigenvalue weighted by Gasteiger charge is -2.14. The Labute approximate surface area is 124 Å². The van der Waals surface area contributed by atoms with Crippen LogP contribution in [-0.4, -0.2) is 22.3 Å². The normalized spacial score (nSPS) is 12.6. The maximum Gasteiger partial charge on any atom is 0.0843 e. The van der Waals surface area contributed by atoms with Crippen molar-refractivity contribution in [3.05, 3.63) is 72.4 Å². The van der Waals surface area contributed by atoms with E-state index in [9.17, 15) is 5.11 Å². The molecule has 2 aromatic carbocycles. The zero-order chi connectivity index (χ0) is 14.5. The largest absolute Gasteiger partial charge is 0.390 e. The van der Waals surface area contributed by atoms with Crippen molar-refractivity contribution in [3.8, 4) is 0 Å². The van der Waals surface area contributed by atoms with Crippen molar-refractivity contribution in [2.45, 2.75) is 19.2 Å². The highest BCUT2D eigenvalue weighted by Crippen LogP contribution is 2.15. The highest BCUT2D eigenvalue weighted by molar-refractivity contribution is 5.79. The third kappa shape index (κ3) is 3.51. The maximum atomic E-state index is 10.2. The number of rotatable bonds is 6. The first kappa shape index (κ1) is 13.9. The van der Waals surface area contributed by atoms with Gasteiger partial charge in [0.05, 0.1) is 6.10 Å². The van der Waals surface area contributed by atoms with Gasteiger partial charge in [0, 0.05) is 31.3 Å². The molecule has 3 rings (SSSR count). The van der Waals surface area contributed by atoms with Gasteiger partial charge in [-0.1, -0.05) is 48.5 Å². The number of aromatic nitrogens is 1. The van der Waals surface area contributed by atoms with Crippen molar-refractivity contribution in [3.63, 3.8) is 0 Å². The molecule has 0 amide bonds.